The number of rotatable bonds is 4. The molecule has 2 nitrogen and oxygen atoms in total. The van der Waals surface area contributed by atoms with Crippen molar-refractivity contribution < 1.29 is 5.11 Å². The molecule has 74 valence electrons. The van der Waals surface area contributed by atoms with Gasteiger partial charge in [-0.05, 0) is 26.1 Å². The third-order valence-corrected chi connectivity index (χ3v) is 1.87. The van der Waals surface area contributed by atoms with Crippen LogP contribution in [-0.2, 0) is 0 Å². The molecular formula is C11H19NO. The van der Waals surface area contributed by atoms with Gasteiger partial charge in [0.25, 0.3) is 0 Å². The third kappa shape index (κ3) is 5.46. The van der Waals surface area contributed by atoms with Crippen molar-refractivity contribution in [3.8, 4) is 11.8 Å². The zero-order chi connectivity index (χ0) is 10.3. The summed E-state index contributed by atoms with van der Waals surface area (Å²) in [6.07, 6.45) is 1.50. The molecule has 0 aromatic heterocycles. The van der Waals surface area contributed by atoms with E-state index in [0.29, 0.717) is 6.54 Å². The zero-order valence-electron chi connectivity index (χ0n) is 8.80. The predicted molar refractivity (Wildman–Crippen MR) is 56.4 cm³/mol. The summed E-state index contributed by atoms with van der Waals surface area (Å²) < 4.78 is 0. The van der Waals surface area contributed by atoms with Crippen molar-refractivity contribution in [3.05, 3.63) is 12.7 Å². The quantitative estimate of drug-likeness (QED) is 0.660. The normalized spacial score (nSPS) is 14.5. The first-order valence-electron chi connectivity index (χ1n) is 4.64. The monoisotopic (exact) mass is 181 g/mol. The van der Waals surface area contributed by atoms with Crippen LogP contribution in [0.1, 0.15) is 20.8 Å². The van der Waals surface area contributed by atoms with E-state index in [1.165, 1.54) is 6.08 Å². The summed E-state index contributed by atoms with van der Waals surface area (Å²) in [5.41, 5.74) is -0.930. The van der Waals surface area contributed by atoms with Crippen molar-refractivity contribution in [1.29, 1.82) is 0 Å². The number of likely N-dealkylation sites (N-methyl/N-ethyl adjacent to an activating group) is 1. The Morgan fingerprint density at radius 1 is 1.46 bits per heavy atom. The summed E-state index contributed by atoms with van der Waals surface area (Å²) in [5.74, 6) is 5.43. The van der Waals surface area contributed by atoms with E-state index in [1.807, 2.05) is 0 Å². The molecule has 0 heterocycles. The molecule has 1 unspecified atom stereocenters. The fourth-order valence-corrected chi connectivity index (χ4v) is 1.13. The van der Waals surface area contributed by atoms with E-state index in [0.717, 1.165) is 13.1 Å². The van der Waals surface area contributed by atoms with Gasteiger partial charge in [-0.2, -0.15) is 0 Å². The van der Waals surface area contributed by atoms with Crippen LogP contribution in [0.4, 0.5) is 0 Å². The lowest BCUT2D eigenvalue weighted by Crippen LogP contribution is -2.39. The highest BCUT2D eigenvalue weighted by Crippen LogP contribution is 2.04. The highest BCUT2D eigenvalue weighted by molar-refractivity contribution is 5.20. The maximum atomic E-state index is 9.82. The number of allylic oxidation sites excluding steroid dienone is 1. The van der Waals surface area contributed by atoms with E-state index in [-0.39, 0.29) is 0 Å². The molecule has 1 atom stereocenters. The molecule has 0 aromatic carbocycles. The van der Waals surface area contributed by atoms with Crippen LogP contribution in [0, 0.1) is 11.8 Å². The van der Waals surface area contributed by atoms with Crippen LogP contribution in [0.25, 0.3) is 0 Å². The lowest BCUT2D eigenvalue weighted by molar-refractivity contribution is 0.0742. The Hall–Kier alpha value is -0.780. The molecule has 13 heavy (non-hydrogen) atoms. The van der Waals surface area contributed by atoms with Gasteiger partial charge in [-0.15, -0.1) is 0 Å². The fraction of sp³-hybridized carbons (Fsp3) is 0.636. The van der Waals surface area contributed by atoms with Crippen LogP contribution in [-0.4, -0.2) is 35.2 Å². The number of hydrogen-bond acceptors (Lipinski definition) is 2. The van der Waals surface area contributed by atoms with E-state index in [4.69, 9.17) is 0 Å². The van der Waals surface area contributed by atoms with Crippen LogP contribution in [0.5, 0.6) is 0 Å². The van der Waals surface area contributed by atoms with Gasteiger partial charge in [0.2, 0.25) is 0 Å². The molecule has 1 N–H and O–H groups in total. The summed E-state index contributed by atoms with van der Waals surface area (Å²) in [4.78, 5) is 2.14. The highest BCUT2D eigenvalue weighted by Gasteiger charge is 2.19. The zero-order valence-corrected chi connectivity index (χ0v) is 8.80. The van der Waals surface area contributed by atoms with Crippen molar-refractivity contribution in [2.75, 3.05) is 19.6 Å². The van der Waals surface area contributed by atoms with Crippen molar-refractivity contribution in [1.82, 2.24) is 4.90 Å². The van der Waals surface area contributed by atoms with E-state index < -0.39 is 5.60 Å². The summed E-state index contributed by atoms with van der Waals surface area (Å²) >= 11 is 0. The minimum absolute atomic E-state index is 0.584. The van der Waals surface area contributed by atoms with Gasteiger partial charge in [0, 0.05) is 6.54 Å². The topological polar surface area (TPSA) is 23.5 Å². The SMILES string of the molecule is C=CC#CC(C)(O)CN(CC)CC. The highest BCUT2D eigenvalue weighted by atomic mass is 16.3. The molecule has 0 amide bonds. The number of hydrogen-bond donors (Lipinski definition) is 1. The van der Waals surface area contributed by atoms with Gasteiger partial charge < -0.3 is 10.0 Å². The van der Waals surface area contributed by atoms with Gasteiger partial charge in [0.1, 0.15) is 5.60 Å². The summed E-state index contributed by atoms with van der Waals surface area (Å²) in [5, 5.41) is 9.82. The lowest BCUT2D eigenvalue weighted by atomic mass is 10.1. The summed E-state index contributed by atoms with van der Waals surface area (Å²) in [7, 11) is 0. The maximum Gasteiger partial charge on any atom is 0.135 e. The second-order valence-corrected chi connectivity index (χ2v) is 3.21. The molecule has 0 aliphatic heterocycles. The van der Waals surface area contributed by atoms with Crippen molar-refractivity contribution in [2.24, 2.45) is 0 Å². The van der Waals surface area contributed by atoms with E-state index in [2.05, 4.69) is 37.2 Å². The minimum atomic E-state index is -0.930. The molecule has 0 radical (unpaired) electrons. The van der Waals surface area contributed by atoms with Crippen molar-refractivity contribution in [2.45, 2.75) is 26.4 Å². The average Bonchev–Trinajstić information content (AvgIpc) is 2.11. The smallest absolute Gasteiger partial charge is 0.135 e. The first-order chi connectivity index (χ1) is 6.05. The molecule has 0 fully saturated rings. The van der Waals surface area contributed by atoms with Crippen LogP contribution < -0.4 is 0 Å². The maximum absolute atomic E-state index is 9.82. The minimum Gasteiger partial charge on any atom is -0.377 e. The van der Waals surface area contributed by atoms with Crippen LogP contribution >= 0.6 is 0 Å². The van der Waals surface area contributed by atoms with Gasteiger partial charge in [0.15, 0.2) is 0 Å². The third-order valence-electron chi connectivity index (χ3n) is 1.87. The Morgan fingerprint density at radius 3 is 2.38 bits per heavy atom. The molecule has 0 rings (SSSR count). The molecule has 0 saturated heterocycles. The Kier molecular flexibility index (Phi) is 5.45. The molecule has 0 spiro atoms. The second-order valence-electron chi connectivity index (χ2n) is 3.21. The van der Waals surface area contributed by atoms with Gasteiger partial charge in [0.05, 0.1) is 0 Å². The molecule has 0 aromatic rings. The van der Waals surface area contributed by atoms with Crippen molar-refractivity contribution in [3.63, 3.8) is 0 Å². The average molecular weight is 181 g/mol. The molecule has 2 heteroatoms. The molecule has 0 saturated carbocycles. The molecule has 0 bridgehead atoms. The predicted octanol–water partition coefficient (Wildman–Crippen LogP) is 1.27. The lowest BCUT2D eigenvalue weighted by Gasteiger charge is -2.25. The first-order valence-corrected chi connectivity index (χ1v) is 4.64. The largest absolute Gasteiger partial charge is 0.377 e. The van der Waals surface area contributed by atoms with Crippen LogP contribution in [0.3, 0.4) is 0 Å². The fourth-order valence-electron chi connectivity index (χ4n) is 1.13. The van der Waals surface area contributed by atoms with E-state index >= 15 is 0 Å². The first kappa shape index (κ1) is 12.2. The summed E-state index contributed by atoms with van der Waals surface area (Å²) in [6.45, 7) is 11.8. The van der Waals surface area contributed by atoms with Crippen LogP contribution in [0.15, 0.2) is 12.7 Å². The Morgan fingerprint density at radius 2 is 2.00 bits per heavy atom. The second kappa shape index (κ2) is 5.80. The standard InChI is InChI=1S/C11H19NO/c1-5-8-9-11(4,13)10-12(6-2)7-3/h5,13H,1,6-7,10H2,2-4H3. The molecular weight excluding hydrogens is 162 g/mol. The van der Waals surface area contributed by atoms with Gasteiger partial charge in [-0.1, -0.05) is 32.3 Å². The molecule has 0 aliphatic carbocycles. The number of aliphatic hydroxyl groups is 1. The van der Waals surface area contributed by atoms with Gasteiger partial charge >= 0.3 is 0 Å². The van der Waals surface area contributed by atoms with Gasteiger partial charge in [-0.3, -0.25) is 0 Å². The van der Waals surface area contributed by atoms with E-state index in [9.17, 15) is 5.11 Å². The molecule has 0 aliphatic rings. The Labute approximate surface area is 81.3 Å². The van der Waals surface area contributed by atoms with E-state index in [1.54, 1.807) is 6.92 Å². The van der Waals surface area contributed by atoms with Crippen molar-refractivity contribution >= 4 is 0 Å². The van der Waals surface area contributed by atoms with Crippen LogP contribution in [0.2, 0.25) is 0 Å². The summed E-state index contributed by atoms with van der Waals surface area (Å²) in [6, 6.07) is 0. The number of nitrogens with zero attached hydrogens (tertiary/aromatic N) is 1. The Balaban J connectivity index is 4.21. The van der Waals surface area contributed by atoms with Gasteiger partial charge in [-0.25, -0.2) is 0 Å². The Bertz CT molecular complexity index is 206.